The summed E-state index contributed by atoms with van der Waals surface area (Å²) in [6.45, 7) is 10.6. The molecule has 0 radical (unpaired) electrons. The van der Waals surface area contributed by atoms with Gasteiger partial charge in [0.05, 0.1) is 0 Å². The van der Waals surface area contributed by atoms with Crippen molar-refractivity contribution in [2.45, 2.75) is 20.8 Å². The van der Waals surface area contributed by atoms with Crippen LogP contribution in [0.1, 0.15) is 31.3 Å². The molecular weight excluding hydrogens is 240 g/mol. The maximum absolute atomic E-state index is 11.9. The molecule has 1 aromatic heterocycles. The van der Waals surface area contributed by atoms with Crippen molar-refractivity contribution < 1.29 is 4.79 Å². The van der Waals surface area contributed by atoms with E-state index < -0.39 is 0 Å². The molecule has 1 heterocycles. The van der Waals surface area contributed by atoms with E-state index in [-0.39, 0.29) is 5.91 Å². The second-order valence-electron chi connectivity index (χ2n) is 4.24. The highest BCUT2D eigenvalue weighted by atomic mass is 16.1. The van der Waals surface area contributed by atoms with E-state index in [2.05, 4.69) is 34.4 Å². The molecule has 0 saturated carbocycles. The quantitative estimate of drug-likeness (QED) is 0.748. The number of hydrogen-bond donors (Lipinski definition) is 2. The van der Waals surface area contributed by atoms with Crippen molar-refractivity contribution in [2.75, 3.05) is 38.0 Å². The normalized spacial score (nSPS) is 10.5. The van der Waals surface area contributed by atoms with Gasteiger partial charge in [0.15, 0.2) is 0 Å². The molecule has 106 valence electrons. The van der Waals surface area contributed by atoms with Crippen LogP contribution in [0.15, 0.2) is 18.3 Å². The summed E-state index contributed by atoms with van der Waals surface area (Å²) in [4.78, 5) is 18.3. The lowest BCUT2D eigenvalue weighted by Crippen LogP contribution is -2.35. The predicted octanol–water partition coefficient (Wildman–Crippen LogP) is 1.58. The Kier molecular flexibility index (Phi) is 6.89. The second kappa shape index (κ2) is 8.48. The van der Waals surface area contributed by atoms with Crippen LogP contribution in [0.2, 0.25) is 0 Å². The first-order valence-corrected chi connectivity index (χ1v) is 6.91. The number of pyridine rings is 1. The summed E-state index contributed by atoms with van der Waals surface area (Å²) in [6.07, 6.45) is 1.65. The number of aromatic nitrogens is 1. The summed E-state index contributed by atoms with van der Waals surface area (Å²) in [5.74, 6) is -0.119. The number of carbonyl (C=O) groups is 1. The zero-order valence-corrected chi connectivity index (χ0v) is 12.1. The Balaban J connectivity index is 2.46. The van der Waals surface area contributed by atoms with Crippen LogP contribution in [0.5, 0.6) is 0 Å². The maximum Gasteiger partial charge on any atom is 0.269 e. The van der Waals surface area contributed by atoms with E-state index in [1.807, 2.05) is 13.0 Å². The zero-order valence-electron chi connectivity index (χ0n) is 12.1. The molecule has 0 spiro atoms. The van der Waals surface area contributed by atoms with E-state index in [0.717, 1.165) is 31.9 Å². The Bertz CT molecular complexity index is 391. The van der Waals surface area contributed by atoms with Gasteiger partial charge >= 0.3 is 0 Å². The van der Waals surface area contributed by atoms with E-state index in [1.165, 1.54) is 0 Å². The monoisotopic (exact) mass is 264 g/mol. The molecule has 0 aliphatic rings. The molecule has 2 N–H and O–H groups in total. The minimum atomic E-state index is -0.119. The van der Waals surface area contributed by atoms with Gasteiger partial charge in [0, 0.05) is 31.5 Å². The van der Waals surface area contributed by atoms with Crippen molar-refractivity contribution >= 4 is 11.6 Å². The van der Waals surface area contributed by atoms with Crippen LogP contribution in [0.4, 0.5) is 5.69 Å². The van der Waals surface area contributed by atoms with Gasteiger partial charge < -0.3 is 15.5 Å². The first-order valence-electron chi connectivity index (χ1n) is 6.91. The number of nitrogens with one attached hydrogen (secondary N) is 2. The highest BCUT2D eigenvalue weighted by Crippen LogP contribution is 2.07. The zero-order chi connectivity index (χ0) is 14.1. The third kappa shape index (κ3) is 5.26. The number of amides is 1. The van der Waals surface area contributed by atoms with E-state index in [4.69, 9.17) is 0 Å². The SMILES string of the molecule is CCNc1ccnc(C(=O)NCCN(CC)CC)c1. The number of anilines is 1. The van der Waals surface area contributed by atoms with Crippen molar-refractivity contribution in [3.05, 3.63) is 24.0 Å². The number of hydrogen-bond acceptors (Lipinski definition) is 4. The molecule has 1 rings (SSSR count). The average Bonchev–Trinajstić information content (AvgIpc) is 2.44. The third-order valence-electron chi connectivity index (χ3n) is 2.98. The molecule has 0 fully saturated rings. The lowest BCUT2D eigenvalue weighted by molar-refractivity contribution is 0.0944. The van der Waals surface area contributed by atoms with Gasteiger partial charge in [-0.3, -0.25) is 9.78 Å². The number of likely N-dealkylation sites (N-methyl/N-ethyl adjacent to an activating group) is 1. The molecule has 0 saturated heterocycles. The fraction of sp³-hybridized carbons (Fsp3) is 0.571. The molecule has 5 nitrogen and oxygen atoms in total. The molecule has 19 heavy (non-hydrogen) atoms. The highest BCUT2D eigenvalue weighted by molar-refractivity contribution is 5.93. The summed E-state index contributed by atoms with van der Waals surface area (Å²) in [7, 11) is 0. The van der Waals surface area contributed by atoms with Crippen molar-refractivity contribution in [3.63, 3.8) is 0 Å². The molecule has 1 aromatic rings. The van der Waals surface area contributed by atoms with Gasteiger partial charge in [0.2, 0.25) is 0 Å². The molecule has 0 bridgehead atoms. The van der Waals surface area contributed by atoms with Crippen LogP contribution in [-0.4, -0.2) is 48.5 Å². The summed E-state index contributed by atoms with van der Waals surface area (Å²) in [5, 5.41) is 6.06. The molecule has 5 heteroatoms. The Morgan fingerprint density at radius 1 is 1.32 bits per heavy atom. The Hall–Kier alpha value is -1.62. The lowest BCUT2D eigenvalue weighted by atomic mass is 10.3. The maximum atomic E-state index is 11.9. The number of carbonyl (C=O) groups excluding carboxylic acids is 1. The fourth-order valence-electron chi connectivity index (χ4n) is 1.83. The van der Waals surface area contributed by atoms with Crippen LogP contribution in [0, 0.1) is 0 Å². The van der Waals surface area contributed by atoms with Gasteiger partial charge in [-0.2, -0.15) is 0 Å². The van der Waals surface area contributed by atoms with Gasteiger partial charge in [0.1, 0.15) is 5.69 Å². The largest absolute Gasteiger partial charge is 0.385 e. The molecule has 0 aliphatic carbocycles. The Morgan fingerprint density at radius 3 is 2.68 bits per heavy atom. The molecule has 0 aromatic carbocycles. The predicted molar refractivity (Wildman–Crippen MR) is 78.5 cm³/mol. The summed E-state index contributed by atoms with van der Waals surface area (Å²) < 4.78 is 0. The third-order valence-corrected chi connectivity index (χ3v) is 2.98. The Morgan fingerprint density at radius 2 is 2.05 bits per heavy atom. The van der Waals surface area contributed by atoms with Crippen molar-refractivity contribution in [3.8, 4) is 0 Å². The van der Waals surface area contributed by atoms with Gasteiger partial charge in [-0.25, -0.2) is 0 Å². The number of rotatable bonds is 8. The molecular formula is C14H24N4O. The second-order valence-corrected chi connectivity index (χ2v) is 4.24. The van der Waals surface area contributed by atoms with Gasteiger partial charge in [-0.15, -0.1) is 0 Å². The molecule has 1 amide bonds. The van der Waals surface area contributed by atoms with E-state index in [0.29, 0.717) is 12.2 Å². The Labute approximate surface area is 115 Å². The molecule has 0 atom stereocenters. The van der Waals surface area contributed by atoms with Crippen LogP contribution >= 0.6 is 0 Å². The number of nitrogens with zero attached hydrogens (tertiary/aromatic N) is 2. The van der Waals surface area contributed by atoms with Crippen molar-refractivity contribution in [1.82, 2.24) is 15.2 Å². The molecule has 0 aliphatic heterocycles. The standard InChI is InChI=1S/C14H24N4O/c1-4-15-12-7-8-16-13(11-12)14(19)17-9-10-18(5-2)6-3/h7-8,11H,4-6,9-10H2,1-3H3,(H,15,16)(H,17,19). The summed E-state index contributed by atoms with van der Waals surface area (Å²) in [5.41, 5.74) is 1.38. The smallest absolute Gasteiger partial charge is 0.269 e. The van der Waals surface area contributed by atoms with Crippen molar-refractivity contribution in [1.29, 1.82) is 0 Å². The molecule has 0 unspecified atom stereocenters. The van der Waals surface area contributed by atoms with Crippen LogP contribution < -0.4 is 10.6 Å². The first-order chi connectivity index (χ1) is 9.21. The first kappa shape index (κ1) is 15.4. The average molecular weight is 264 g/mol. The van der Waals surface area contributed by atoms with Gasteiger partial charge in [-0.05, 0) is 32.1 Å². The summed E-state index contributed by atoms with van der Waals surface area (Å²) in [6, 6.07) is 3.63. The van der Waals surface area contributed by atoms with Crippen LogP contribution in [0.3, 0.4) is 0 Å². The van der Waals surface area contributed by atoms with Crippen LogP contribution in [-0.2, 0) is 0 Å². The minimum Gasteiger partial charge on any atom is -0.385 e. The van der Waals surface area contributed by atoms with Crippen molar-refractivity contribution in [2.24, 2.45) is 0 Å². The summed E-state index contributed by atoms with van der Waals surface area (Å²) >= 11 is 0. The van der Waals surface area contributed by atoms with E-state index in [9.17, 15) is 4.79 Å². The van der Waals surface area contributed by atoms with E-state index >= 15 is 0 Å². The minimum absolute atomic E-state index is 0.119. The topological polar surface area (TPSA) is 57.3 Å². The van der Waals surface area contributed by atoms with Gasteiger partial charge in [-0.1, -0.05) is 13.8 Å². The lowest BCUT2D eigenvalue weighted by Gasteiger charge is -2.17. The van der Waals surface area contributed by atoms with Gasteiger partial charge in [0.25, 0.3) is 5.91 Å². The van der Waals surface area contributed by atoms with Crippen LogP contribution in [0.25, 0.3) is 0 Å². The fourth-order valence-corrected chi connectivity index (χ4v) is 1.83. The van der Waals surface area contributed by atoms with E-state index in [1.54, 1.807) is 12.3 Å². The highest BCUT2D eigenvalue weighted by Gasteiger charge is 2.07.